The minimum atomic E-state index is -0.924. The summed E-state index contributed by atoms with van der Waals surface area (Å²) in [6.07, 6.45) is 0.736. The van der Waals surface area contributed by atoms with Crippen LogP contribution in [0.25, 0.3) is 0 Å². The van der Waals surface area contributed by atoms with E-state index in [0.29, 0.717) is 17.1 Å². The van der Waals surface area contributed by atoms with E-state index < -0.39 is 12.0 Å². The summed E-state index contributed by atoms with van der Waals surface area (Å²) in [6.45, 7) is 6.01. The van der Waals surface area contributed by atoms with Crippen LogP contribution in [0.1, 0.15) is 33.7 Å². The number of carboxylic acids is 1. The molecule has 98 valence electrons. The van der Waals surface area contributed by atoms with Gasteiger partial charge in [0.2, 0.25) is 0 Å². The van der Waals surface area contributed by atoms with Crippen molar-refractivity contribution in [2.45, 2.75) is 33.2 Å². The second kappa shape index (κ2) is 4.68. The van der Waals surface area contributed by atoms with Crippen molar-refractivity contribution in [3.05, 3.63) is 15.6 Å². The molecule has 2 heterocycles. The molecule has 1 aliphatic rings. The van der Waals surface area contributed by atoms with Gasteiger partial charge in [-0.05, 0) is 26.2 Å². The van der Waals surface area contributed by atoms with E-state index in [1.807, 2.05) is 13.8 Å². The third-order valence-corrected chi connectivity index (χ3v) is 4.37. The maximum absolute atomic E-state index is 12.4. The monoisotopic (exact) mass is 268 g/mol. The summed E-state index contributed by atoms with van der Waals surface area (Å²) < 4.78 is 0. The average molecular weight is 268 g/mol. The van der Waals surface area contributed by atoms with Gasteiger partial charge in [0.1, 0.15) is 10.9 Å². The predicted molar refractivity (Wildman–Crippen MR) is 67.8 cm³/mol. The summed E-state index contributed by atoms with van der Waals surface area (Å²) in [5.74, 6) is -1.12. The van der Waals surface area contributed by atoms with Crippen LogP contribution in [0, 0.1) is 19.8 Å². The van der Waals surface area contributed by atoms with E-state index in [4.69, 9.17) is 0 Å². The summed E-state index contributed by atoms with van der Waals surface area (Å²) in [7, 11) is 0. The van der Waals surface area contributed by atoms with Crippen LogP contribution in [0.3, 0.4) is 0 Å². The Bertz CT molecular complexity index is 498. The molecule has 1 saturated heterocycles. The first-order chi connectivity index (χ1) is 8.41. The molecule has 2 atom stereocenters. The highest BCUT2D eigenvalue weighted by Gasteiger charge is 2.40. The van der Waals surface area contributed by atoms with E-state index in [-0.39, 0.29) is 11.8 Å². The third-order valence-electron chi connectivity index (χ3n) is 3.31. The summed E-state index contributed by atoms with van der Waals surface area (Å²) >= 11 is 1.33. The number of rotatable bonds is 2. The molecular formula is C12H16N2O3S. The minimum absolute atomic E-state index is 0.000717. The van der Waals surface area contributed by atoms with Crippen LogP contribution in [0.15, 0.2) is 0 Å². The van der Waals surface area contributed by atoms with Crippen molar-refractivity contribution in [1.82, 2.24) is 9.88 Å². The van der Waals surface area contributed by atoms with Gasteiger partial charge >= 0.3 is 5.97 Å². The van der Waals surface area contributed by atoms with Gasteiger partial charge in [-0.1, -0.05) is 6.92 Å². The summed E-state index contributed by atoms with van der Waals surface area (Å²) in [4.78, 5) is 29.9. The highest BCUT2D eigenvalue weighted by Crippen LogP contribution is 2.28. The number of likely N-dealkylation sites (tertiary alicyclic amines) is 1. The highest BCUT2D eigenvalue weighted by atomic mass is 32.1. The Balaban J connectivity index is 2.29. The normalized spacial score (nSPS) is 23.4. The fourth-order valence-electron chi connectivity index (χ4n) is 2.41. The quantitative estimate of drug-likeness (QED) is 0.886. The van der Waals surface area contributed by atoms with Crippen LogP contribution in [0.5, 0.6) is 0 Å². The van der Waals surface area contributed by atoms with Crippen molar-refractivity contribution >= 4 is 23.2 Å². The molecule has 1 N–H and O–H groups in total. The first-order valence-corrected chi connectivity index (χ1v) is 6.71. The van der Waals surface area contributed by atoms with Gasteiger partial charge in [-0.2, -0.15) is 0 Å². The van der Waals surface area contributed by atoms with Crippen molar-refractivity contribution < 1.29 is 14.7 Å². The van der Waals surface area contributed by atoms with Crippen LogP contribution >= 0.6 is 11.3 Å². The molecule has 1 aliphatic heterocycles. The first kappa shape index (κ1) is 13.0. The van der Waals surface area contributed by atoms with Gasteiger partial charge in [-0.15, -0.1) is 11.3 Å². The summed E-state index contributed by atoms with van der Waals surface area (Å²) in [6, 6.07) is -0.709. The number of aliphatic carboxylic acids is 1. The molecule has 0 saturated carbocycles. The van der Waals surface area contributed by atoms with Crippen molar-refractivity contribution in [2.75, 3.05) is 6.54 Å². The fourth-order valence-corrected chi connectivity index (χ4v) is 3.29. The van der Waals surface area contributed by atoms with Crippen molar-refractivity contribution in [3.63, 3.8) is 0 Å². The zero-order valence-electron chi connectivity index (χ0n) is 10.6. The first-order valence-electron chi connectivity index (χ1n) is 5.89. The molecule has 0 aromatic carbocycles. The van der Waals surface area contributed by atoms with Gasteiger partial charge in [0.25, 0.3) is 5.91 Å². The Morgan fingerprint density at radius 1 is 1.44 bits per heavy atom. The lowest BCUT2D eigenvalue weighted by Crippen LogP contribution is -2.42. The molecule has 0 aliphatic carbocycles. The van der Waals surface area contributed by atoms with Crippen molar-refractivity contribution in [1.29, 1.82) is 0 Å². The Morgan fingerprint density at radius 2 is 2.11 bits per heavy atom. The van der Waals surface area contributed by atoms with Gasteiger partial charge in [-0.25, -0.2) is 9.78 Å². The van der Waals surface area contributed by atoms with E-state index in [1.165, 1.54) is 16.2 Å². The zero-order chi connectivity index (χ0) is 13.4. The molecular weight excluding hydrogens is 252 g/mol. The van der Waals surface area contributed by atoms with E-state index in [9.17, 15) is 14.7 Å². The van der Waals surface area contributed by atoms with Crippen LogP contribution in [0.2, 0.25) is 0 Å². The third kappa shape index (κ3) is 2.12. The summed E-state index contributed by atoms with van der Waals surface area (Å²) in [5, 5.41) is 10.0. The number of carboxylic acid groups (broad SMARTS) is 1. The lowest BCUT2D eigenvalue weighted by Gasteiger charge is -2.22. The predicted octanol–water partition coefficient (Wildman–Crippen LogP) is 1.70. The van der Waals surface area contributed by atoms with Gasteiger partial charge in [0, 0.05) is 6.54 Å². The molecule has 1 fully saturated rings. The highest BCUT2D eigenvalue weighted by molar-refractivity contribution is 7.13. The molecule has 0 radical (unpaired) electrons. The fraction of sp³-hybridized carbons (Fsp3) is 0.583. The number of hydrogen-bond donors (Lipinski definition) is 1. The van der Waals surface area contributed by atoms with Crippen molar-refractivity contribution in [2.24, 2.45) is 5.92 Å². The lowest BCUT2D eigenvalue weighted by atomic mass is 10.0. The number of carbonyl (C=O) groups excluding carboxylic acids is 1. The average Bonchev–Trinajstić information content (AvgIpc) is 2.80. The molecule has 5 nitrogen and oxygen atoms in total. The number of thiazole rings is 1. The summed E-state index contributed by atoms with van der Waals surface area (Å²) in [5.41, 5.74) is 0.686. The molecule has 1 aromatic heterocycles. The van der Waals surface area contributed by atoms with Gasteiger partial charge in [0.05, 0.1) is 10.7 Å². The van der Waals surface area contributed by atoms with Crippen LogP contribution in [-0.2, 0) is 4.79 Å². The lowest BCUT2D eigenvalue weighted by molar-refractivity contribution is -0.142. The number of aryl methyl sites for hydroxylation is 2. The number of aromatic nitrogens is 1. The molecule has 0 bridgehead atoms. The number of amides is 1. The van der Waals surface area contributed by atoms with Crippen LogP contribution in [-0.4, -0.2) is 39.5 Å². The molecule has 1 amide bonds. The minimum Gasteiger partial charge on any atom is -0.480 e. The number of carbonyl (C=O) groups is 2. The Morgan fingerprint density at radius 3 is 2.61 bits per heavy atom. The van der Waals surface area contributed by atoms with E-state index >= 15 is 0 Å². The molecule has 1 aromatic rings. The standard InChI is InChI=1S/C12H16N2O3S/c1-6-4-5-14(9(6)12(16)17)11(15)10-7(2)13-8(3)18-10/h6,9H,4-5H2,1-3H3,(H,16,17). The van der Waals surface area contributed by atoms with Crippen LogP contribution in [0.4, 0.5) is 0 Å². The number of hydrogen-bond acceptors (Lipinski definition) is 4. The maximum atomic E-state index is 12.4. The zero-order valence-corrected chi connectivity index (χ0v) is 11.5. The molecule has 0 spiro atoms. The molecule has 2 rings (SSSR count). The van der Waals surface area contributed by atoms with Crippen molar-refractivity contribution in [3.8, 4) is 0 Å². The second-order valence-electron chi connectivity index (χ2n) is 4.69. The van der Waals surface area contributed by atoms with Gasteiger partial charge in [-0.3, -0.25) is 4.79 Å². The SMILES string of the molecule is Cc1nc(C)c(C(=O)N2CCC(C)C2C(=O)O)s1. The molecule has 18 heavy (non-hydrogen) atoms. The van der Waals surface area contributed by atoms with Gasteiger partial charge in [0.15, 0.2) is 0 Å². The Kier molecular flexibility index (Phi) is 3.38. The van der Waals surface area contributed by atoms with Crippen LogP contribution < -0.4 is 0 Å². The second-order valence-corrected chi connectivity index (χ2v) is 5.90. The van der Waals surface area contributed by atoms with E-state index in [2.05, 4.69) is 4.98 Å². The number of nitrogens with zero attached hydrogens (tertiary/aromatic N) is 2. The van der Waals surface area contributed by atoms with E-state index in [0.717, 1.165) is 11.4 Å². The molecule has 2 unspecified atom stereocenters. The van der Waals surface area contributed by atoms with Gasteiger partial charge < -0.3 is 10.0 Å². The topological polar surface area (TPSA) is 70.5 Å². The Labute approximate surface area is 109 Å². The largest absolute Gasteiger partial charge is 0.480 e. The smallest absolute Gasteiger partial charge is 0.326 e. The molecule has 6 heteroatoms. The maximum Gasteiger partial charge on any atom is 0.326 e. The Hall–Kier alpha value is -1.43. The van der Waals surface area contributed by atoms with E-state index in [1.54, 1.807) is 6.92 Å².